The van der Waals surface area contributed by atoms with Crippen molar-refractivity contribution in [2.24, 2.45) is 11.8 Å². The molecule has 1 aliphatic heterocycles. The van der Waals surface area contributed by atoms with Gasteiger partial charge in [-0.1, -0.05) is 26.0 Å². The lowest BCUT2D eigenvalue weighted by Gasteiger charge is -2.24. The van der Waals surface area contributed by atoms with E-state index < -0.39 is 48.1 Å². The van der Waals surface area contributed by atoms with E-state index in [4.69, 9.17) is 4.74 Å². The molecule has 3 atom stereocenters. The van der Waals surface area contributed by atoms with E-state index in [1.165, 1.54) is 7.11 Å². The average Bonchev–Trinajstić information content (AvgIpc) is 3.22. The van der Waals surface area contributed by atoms with Crippen molar-refractivity contribution in [3.63, 3.8) is 0 Å². The minimum absolute atomic E-state index is 0.0295. The predicted molar refractivity (Wildman–Crippen MR) is 128 cm³/mol. The van der Waals surface area contributed by atoms with E-state index in [2.05, 4.69) is 21.3 Å². The number of aliphatic hydroxyl groups is 1. The highest BCUT2D eigenvalue weighted by Crippen LogP contribution is 2.27. The Balaban J connectivity index is 2.12. The number of carbonyl (C=O) groups is 5. The molecule has 4 amide bonds. The number of hydrogen-bond acceptors (Lipinski definition) is 7. The number of benzene rings is 1. The molecule has 1 aliphatic rings. The quantitative estimate of drug-likeness (QED) is 0.274. The van der Waals surface area contributed by atoms with E-state index in [1.54, 1.807) is 25.1 Å². The molecule has 1 saturated heterocycles. The van der Waals surface area contributed by atoms with Crippen LogP contribution in [-0.2, 0) is 24.0 Å². The molecule has 0 aromatic heterocycles. The van der Waals surface area contributed by atoms with Gasteiger partial charge in [0.15, 0.2) is 5.78 Å². The maximum atomic E-state index is 13.0. The SMILES string of the molecule is COc1cccc(C)c1NC(=O)C(=O)N[C@@H](CC(C)C)C(=O)N[C@@H](C[C@@H]1CCNC1=O)C(=O)CO. The zero-order valence-corrected chi connectivity index (χ0v) is 20.5. The van der Waals surface area contributed by atoms with Crippen LogP contribution in [-0.4, -0.2) is 66.9 Å². The summed E-state index contributed by atoms with van der Waals surface area (Å²) in [7, 11) is 1.44. The third-order valence-electron chi connectivity index (χ3n) is 5.77. The minimum atomic E-state index is -1.11. The summed E-state index contributed by atoms with van der Waals surface area (Å²) in [6.07, 6.45) is 0.744. The Bertz CT molecular complexity index is 963. The van der Waals surface area contributed by atoms with Gasteiger partial charge in [0, 0.05) is 12.5 Å². The Kier molecular flexibility index (Phi) is 10.2. The number of ketones is 1. The second-order valence-electron chi connectivity index (χ2n) is 8.96. The Hall–Kier alpha value is -3.47. The molecule has 0 aliphatic carbocycles. The number of aliphatic hydroxyl groups excluding tert-OH is 1. The van der Waals surface area contributed by atoms with Gasteiger partial charge in [0.1, 0.15) is 18.4 Å². The van der Waals surface area contributed by atoms with Crippen LogP contribution in [0.2, 0.25) is 0 Å². The van der Waals surface area contributed by atoms with Crippen molar-refractivity contribution in [1.82, 2.24) is 16.0 Å². The van der Waals surface area contributed by atoms with Gasteiger partial charge >= 0.3 is 11.8 Å². The topological polar surface area (TPSA) is 163 Å². The maximum Gasteiger partial charge on any atom is 0.313 e. The molecule has 0 unspecified atom stereocenters. The summed E-state index contributed by atoms with van der Waals surface area (Å²) in [5.74, 6) is -3.67. The molecule has 0 bridgehead atoms. The smallest absolute Gasteiger partial charge is 0.313 e. The van der Waals surface area contributed by atoms with Crippen LogP contribution in [0.5, 0.6) is 5.75 Å². The first-order chi connectivity index (χ1) is 16.6. The molecule has 0 spiro atoms. The van der Waals surface area contributed by atoms with Gasteiger partial charge in [0.2, 0.25) is 11.8 Å². The number of carbonyl (C=O) groups excluding carboxylic acids is 5. The van der Waals surface area contributed by atoms with Crippen molar-refractivity contribution < 1.29 is 33.8 Å². The molecule has 1 fully saturated rings. The predicted octanol–water partition coefficient (Wildman–Crippen LogP) is 0.0454. The first-order valence-electron chi connectivity index (χ1n) is 11.5. The second-order valence-corrected chi connectivity index (χ2v) is 8.96. The first-order valence-corrected chi connectivity index (χ1v) is 11.5. The number of nitrogens with one attached hydrogen (secondary N) is 4. The number of amides is 4. The molecule has 1 aromatic rings. The van der Waals surface area contributed by atoms with Crippen LogP contribution in [0.15, 0.2) is 18.2 Å². The van der Waals surface area contributed by atoms with E-state index in [0.29, 0.717) is 30.0 Å². The van der Waals surface area contributed by atoms with Gasteiger partial charge < -0.3 is 31.1 Å². The monoisotopic (exact) mass is 490 g/mol. The van der Waals surface area contributed by atoms with Gasteiger partial charge in [-0.05, 0) is 43.7 Å². The lowest BCUT2D eigenvalue weighted by molar-refractivity contribution is -0.138. The fraction of sp³-hybridized carbons (Fsp3) is 0.542. The largest absolute Gasteiger partial charge is 0.495 e. The zero-order chi connectivity index (χ0) is 26.1. The van der Waals surface area contributed by atoms with Crippen LogP contribution in [0.1, 0.15) is 38.7 Å². The number of ether oxygens (including phenoxy) is 1. The summed E-state index contributed by atoms with van der Waals surface area (Å²) in [5.41, 5.74) is 1.02. The molecule has 1 aromatic carbocycles. The highest BCUT2D eigenvalue weighted by atomic mass is 16.5. The van der Waals surface area contributed by atoms with Crippen LogP contribution in [0.25, 0.3) is 0 Å². The number of para-hydroxylation sites is 1. The van der Waals surface area contributed by atoms with E-state index in [1.807, 2.05) is 13.8 Å². The fourth-order valence-electron chi connectivity index (χ4n) is 3.88. The number of anilines is 1. The molecule has 192 valence electrons. The van der Waals surface area contributed by atoms with Gasteiger partial charge in [-0.25, -0.2) is 0 Å². The Morgan fingerprint density at radius 2 is 1.86 bits per heavy atom. The summed E-state index contributed by atoms with van der Waals surface area (Å²) in [6.45, 7) is 5.09. The second kappa shape index (κ2) is 12.8. The van der Waals surface area contributed by atoms with Gasteiger partial charge in [-0.2, -0.15) is 0 Å². The highest BCUT2D eigenvalue weighted by molar-refractivity contribution is 6.40. The number of rotatable bonds is 11. The summed E-state index contributed by atoms with van der Waals surface area (Å²) in [4.78, 5) is 62.4. The van der Waals surface area contributed by atoms with Crippen LogP contribution in [0.3, 0.4) is 0 Å². The third kappa shape index (κ3) is 7.78. The van der Waals surface area contributed by atoms with Crippen LogP contribution < -0.4 is 26.0 Å². The number of methoxy groups -OCH3 is 1. The summed E-state index contributed by atoms with van der Waals surface area (Å²) >= 11 is 0. The van der Waals surface area contributed by atoms with Crippen molar-refractivity contribution in [1.29, 1.82) is 0 Å². The minimum Gasteiger partial charge on any atom is -0.495 e. The molecular weight excluding hydrogens is 456 g/mol. The molecule has 1 heterocycles. The Morgan fingerprint density at radius 3 is 2.43 bits per heavy atom. The van der Waals surface area contributed by atoms with Crippen molar-refractivity contribution in [3.05, 3.63) is 23.8 Å². The normalized spacial score (nSPS) is 16.7. The summed E-state index contributed by atoms with van der Waals surface area (Å²) in [5, 5.41) is 19.5. The fourth-order valence-corrected chi connectivity index (χ4v) is 3.88. The van der Waals surface area contributed by atoms with Crippen LogP contribution >= 0.6 is 0 Å². The van der Waals surface area contributed by atoms with E-state index in [9.17, 15) is 29.1 Å². The van der Waals surface area contributed by atoms with Gasteiger partial charge in [-0.3, -0.25) is 24.0 Å². The van der Waals surface area contributed by atoms with Crippen molar-refractivity contribution in [3.8, 4) is 5.75 Å². The van der Waals surface area contributed by atoms with Crippen molar-refractivity contribution >= 4 is 35.1 Å². The Labute approximate surface area is 204 Å². The van der Waals surface area contributed by atoms with E-state index in [-0.39, 0.29) is 24.7 Å². The molecule has 11 nitrogen and oxygen atoms in total. The first kappa shape index (κ1) is 27.8. The number of aryl methyl sites for hydroxylation is 1. The molecule has 35 heavy (non-hydrogen) atoms. The average molecular weight is 491 g/mol. The lowest BCUT2D eigenvalue weighted by Crippen LogP contribution is -2.54. The molecule has 0 radical (unpaired) electrons. The van der Waals surface area contributed by atoms with Crippen molar-refractivity contribution in [2.45, 2.75) is 52.1 Å². The van der Waals surface area contributed by atoms with E-state index in [0.717, 1.165) is 0 Å². The zero-order valence-electron chi connectivity index (χ0n) is 20.5. The third-order valence-corrected chi connectivity index (χ3v) is 5.77. The van der Waals surface area contributed by atoms with Crippen LogP contribution in [0, 0.1) is 18.8 Å². The molecule has 11 heteroatoms. The number of hydrogen-bond donors (Lipinski definition) is 5. The summed E-state index contributed by atoms with van der Waals surface area (Å²) < 4.78 is 5.23. The van der Waals surface area contributed by atoms with Crippen LogP contribution in [0.4, 0.5) is 5.69 Å². The molecule has 5 N–H and O–H groups in total. The Morgan fingerprint density at radius 1 is 1.14 bits per heavy atom. The maximum absolute atomic E-state index is 13.0. The van der Waals surface area contributed by atoms with Gasteiger partial charge in [0.25, 0.3) is 0 Å². The molecular formula is C24H34N4O7. The molecule has 2 rings (SSSR count). The standard InChI is InChI=1S/C24H34N4O7/c1-13(2)10-17(22(32)26-16(18(30)12-29)11-15-8-9-25-21(15)31)27-23(33)24(34)28-20-14(3)6-5-7-19(20)35-4/h5-7,13,15-17,29H,8-12H2,1-4H3,(H,25,31)(H,26,32)(H,27,33)(H,28,34)/t15-,16-,17-/m0/s1. The summed E-state index contributed by atoms with van der Waals surface area (Å²) in [6, 6.07) is 2.91. The van der Waals surface area contributed by atoms with Gasteiger partial charge in [0.05, 0.1) is 18.8 Å². The van der Waals surface area contributed by atoms with Crippen molar-refractivity contribution in [2.75, 3.05) is 25.6 Å². The lowest BCUT2D eigenvalue weighted by atomic mass is 9.95. The number of Topliss-reactive ketones (excluding diaryl/α,β-unsaturated/α-hetero) is 1. The molecule has 0 saturated carbocycles. The highest BCUT2D eigenvalue weighted by Gasteiger charge is 2.33. The van der Waals surface area contributed by atoms with Gasteiger partial charge in [-0.15, -0.1) is 0 Å². The van der Waals surface area contributed by atoms with E-state index >= 15 is 0 Å².